The summed E-state index contributed by atoms with van der Waals surface area (Å²) in [5.74, 6) is 0.375. The number of benzene rings is 2. The standard InChI is InChI=1S/C22H21NO4/c1-14-18-10-9-17(26-13-21(24)23-16-7-8-16)12-20(18)27-22(25)19(14)11-15-5-3-2-4-6-15/h2-6,9-10,12,16H,7-8,11,13H2,1H3,(H,23,24). The third-order valence-electron chi connectivity index (χ3n) is 4.79. The summed E-state index contributed by atoms with van der Waals surface area (Å²) >= 11 is 0. The van der Waals surface area contributed by atoms with Crippen molar-refractivity contribution in [1.29, 1.82) is 0 Å². The van der Waals surface area contributed by atoms with E-state index in [1.807, 2.05) is 43.3 Å². The summed E-state index contributed by atoms with van der Waals surface area (Å²) in [7, 11) is 0. The quantitative estimate of drug-likeness (QED) is 0.682. The molecule has 1 aliphatic carbocycles. The number of carbonyl (C=O) groups excluding carboxylic acids is 1. The van der Waals surface area contributed by atoms with Crippen molar-refractivity contribution in [2.45, 2.75) is 32.2 Å². The minimum atomic E-state index is -0.340. The number of nitrogens with one attached hydrogen (secondary N) is 1. The molecule has 1 amide bonds. The van der Waals surface area contributed by atoms with Crippen LogP contribution in [0.4, 0.5) is 0 Å². The maximum atomic E-state index is 12.5. The molecule has 27 heavy (non-hydrogen) atoms. The molecule has 2 aromatic carbocycles. The molecule has 0 bridgehead atoms. The minimum absolute atomic E-state index is 0.0443. The number of hydrogen-bond acceptors (Lipinski definition) is 4. The van der Waals surface area contributed by atoms with Gasteiger partial charge in [-0.2, -0.15) is 0 Å². The van der Waals surface area contributed by atoms with Crippen molar-refractivity contribution in [1.82, 2.24) is 5.32 Å². The van der Waals surface area contributed by atoms with Gasteiger partial charge in [0.05, 0.1) is 0 Å². The monoisotopic (exact) mass is 363 g/mol. The molecule has 5 heteroatoms. The number of fused-ring (bicyclic) bond motifs is 1. The first-order valence-electron chi connectivity index (χ1n) is 9.12. The van der Waals surface area contributed by atoms with E-state index in [9.17, 15) is 9.59 Å². The van der Waals surface area contributed by atoms with E-state index in [0.29, 0.717) is 29.4 Å². The summed E-state index contributed by atoms with van der Waals surface area (Å²) in [5.41, 5.74) is 2.75. The lowest BCUT2D eigenvalue weighted by atomic mass is 10.00. The van der Waals surface area contributed by atoms with Crippen LogP contribution in [0.2, 0.25) is 0 Å². The summed E-state index contributed by atoms with van der Waals surface area (Å²) in [6.45, 7) is 1.89. The molecule has 0 unspecified atom stereocenters. The zero-order valence-electron chi connectivity index (χ0n) is 15.2. The van der Waals surface area contributed by atoms with Crippen molar-refractivity contribution in [2.24, 2.45) is 0 Å². The molecule has 1 N–H and O–H groups in total. The van der Waals surface area contributed by atoms with Gasteiger partial charge >= 0.3 is 5.63 Å². The third-order valence-corrected chi connectivity index (χ3v) is 4.79. The van der Waals surface area contributed by atoms with E-state index in [1.165, 1.54) is 0 Å². The SMILES string of the molecule is Cc1c(Cc2ccccc2)c(=O)oc2cc(OCC(=O)NC3CC3)ccc12. The fourth-order valence-electron chi connectivity index (χ4n) is 3.11. The second kappa shape index (κ2) is 7.27. The van der Waals surface area contributed by atoms with E-state index in [0.717, 1.165) is 29.4 Å². The van der Waals surface area contributed by atoms with Gasteiger partial charge in [0.2, 0.25) is 0 Å². The molecular formula is C22H21NO4. The van der Waals surface area contributed by atoms with Gasteiger partial charge in [-0.1, -0.05) is 30.3 Å². The van der Waals surface area contributed by atoms with Crippen LogP contribution in [0, 0.1) is 6.92 Å². The van der Waals surface area contributed by atoms with Crippen molar-refractivity contribution in [3.63, 3.8) is 0 Å². The largest absolute Gasteiger partial charge is 0.484 e. The van der Waals surface area contributed by atoms with Gasteiger partial charge < -0.3 is 14.5 Å². The summed E-state index contributed by atoms with van der Waals surface area (Å²) in [4.78, 5) is 24.2. The third kappa shape index (κ3) is 4.03. The Bertz CT molecular complexity index is 1040. The number of ether oxygens (including phenoxy) is 1. The van der Waals surface area contributed by atoms with E-state index in [2.05, 4.69) is 5.32 Å². The van der Waals surface area contributed by atoms with Crippen LogP contribution in [-0.4, -0.2) is 18.6 Å². The second-order valence-corrected chi connectivity index (χ2v) is 6.94. The smallest absolute Gasteiger partial charge is 0.340 e. The van der Waals surface area contributed by atoms with Gasteiger partial charge in [-0.15, -0.1) is 0 Å². The molecule has 4 rings (SSSR count). The zero-order valence-corrected chi connectivity index (χ0v) is 15.2. The maximum Gasteiger partial charge on any atom is 0.340 e. The molecule has 0 radical (unpaired) electrons. The van der Waals surface area contributed by atoms with Gasteiger partial charge in [0, 0.05) is 29.5 Å². The molecule has 0 spiro atoms. The van der Waals surface area contributed by atoms with E-state index in [4.69, 9.17) is 9.15 Å². The molecule has 0 aliphatic heterocycles. The number of aryl methyl sites for hydroxylation is 1. The van der Waals surface area contributed by atoms with E-state index >= 15 is 0 Å². The Labute approximate surface area is 157 Å². The lowest BCUT2D eigenvalue weighted by Gasteiger charge is -2.10. The molecule has 1 heterocycles. The molecule has 1 aliphatic rings. The first kappa shape index (κ1) is 17.3. The van der Waals surface area contributed by atoms with Gasteiger partial charge in [-0.3, -0.25) is 4.79 Å². The molecule has 1 aromatic heterocycles. The Morgan fingerprint density at radius 1 is 1.19 bits per heavy atom. The van der Waals surface area contributed by atoms with Crippen LogP contribution in [-0.2, 0) is 11.2 Å². The topological polar surface area (TPSA) is 68.5 Å². The molecule has 0 atom stereocenters. The van der Waals surface area contributed by atoms with Gasteiger partial charge in [0.1, 0.15) is 11.3 Å². The highest BCUT2D eigenvalue weighted by atomic mass is 16.5. The van der Waals surface area contributed by atoms with Crippen LogP contribution in [0.3, 0.4) is 0 Å². The second-order valence-electron chi connectivity index (χ2n) is 6.94. The molecule has 5 nitrogen and oxygen atoms in total. The molecule has 3 aromatic rings. The number of rotatable bonds is 6. The average Bonchev–Trinajstić information content (AvgIpc) is 3.48. The molecule has 1 fully saturated rings. The van der Waals surface area contributed by atoms with Crippen LogP contribution in [0.1, 0.15) is 29.5 Å². The fourth-order valence-corrected chi connectivity index (χ4v) is 3.11. The van der Waals surface area contributed by atoms with Gasteiger partial charge in [-0.25, -0.2) is 4.79 Å². The molecular weight excluding hydrogens is 342 g/mol. The highest BCUT2D eigenvalue weighted by molar-refractivity contribution is 5.83. The lowest BCUT2D eigenvalue weighted by Crippen LogP contribution is -2.30. The van der Waals surface area contributed by atoms with Crippen molar-refractivity contribution in [3.8, 4) is 5.75 Å². The van der Waals surface area contributed by atoms with Gasteiger partial charge in [0.15, 0.2) is 6.61 Å². The number of carbonyl (C=O) groups is 1. The van der Waals surface area contributed by atoms with Gasteiger partial charge in [-0.05, 0) is 43.0 Å². The van der Waals surface area contributed by atoms with Crippen molar-refractivity contribution >= 4 is 16.9 Å². The van der Waals surface area contributed by atoms with Crippen molar-refractivity contribution < 1.29 is 13.9 Å². The minimum Gasteiger partial charge on any atom is -0.484 e. The Morgan fingerprint density at radius 2 is 1.96 bits per heavy atom. The Morgan fingerprint density at radius 3 is 2.70 bits per heavy atom. The first-order chi connectivity index (χ1) is 13.1. The van der Waals surface area contributed by atoms with Crippen LogP contribution in [0.15, 0.2) is 57.7 Å². The van der Waals surface area contributed by atoms with E-state index in [-0.39, 0.29) is 18.1 Å². The number of amides is 1. The normalized spacial score (nSPS) is 13.5. The Hall–Kier alpha value is -3.08. The predicted octanol–water partition coefficient (Wildman–Crippen LogP) is 3.35. The van der Waals surface area contributed by atoms with Crippen molar-refractivity contribution in [3.05, 3.63) is 75.6 Å². The van der Waals surface area contributed by atoms with Gasteiger partial charge in [0.25, 0.3) is 5.91 Å². The lowest BCUT2D eigenvalue weighted by molar-refractivity contribution is -0.123. The van der Waals surface area contributed by atoms with Crippen molar-refractivity contribution in [2.75, 3.05) is 6.61 Å². The highest BCUT2D eigenvalue weighted by Crippen LogP contribution is 2.25. The molecule has 0 saturated heterocycles. The summed E-state index contributed by atoms with van der Waals surface area (Å²) in [6.07, 6.45) is 2.61. The Kier molecular flexibility index (Phi) is 4.67. The Balaban J connectivity index is 1.56. The maximum absolute atomic E-state index is 12.5. The molecule has 1 saturated carbocycles. The van der Waals surface area contributed by atoms with E-state index in [1.54, 1.807) is 12.1 Å². The molecule has 138 valence electrons. The average molecular weight is 363 g/mol. The summed E-state index contributed by atoms with van der Waals surface area (Å²) < 4.78 is 11.1. The zero-order chi connectivity index (χ0) is 18.8. The fraction of sp³-hybridized carbons (Fsp3) is 0.273. The summed E-state index contributed by atoms with van der Waals surface area (Å²) in [6, 6.07) is 15.5. The summed E-state index contributed by atoms with van der Waals surface area (Å²) in [5, 5.41) is 3.74. The number of hydrogen-bond donors (Lipinski definition) is 1. The van der Waals surface area contributed by atoms with Crippen LogP contribution >= 0.6 is 0 Å². The predicted molar refractivity (Wildman–Crippen MR) is 103 cm³/mol. The highest BCUT2D eigenvalue weighted by Gasteiger charge is 2.23. The van der Waals surface area contributed by atoms with Crippen LogP contribution in [0.25, 0.3) is 11.0 Å². The first-order valence-corrected chi connectivity index (χ1v) is 9.12. The van der Waals surface area contributed by atoms with Crippen LogP contribution in [0.5, 0.6) is 5.75 Å². The van der Waals surface area contributed by atoms with Crippen LogP contribution < -0.4 is 15.7 Å². The van der Waals surface area contributed by atoms with E-state index < -0.39 is 0 Å².